The van der Waals surface area contributed by atoms with Crippen LogP contribution in [0, 0.1) is 5.82 Å². The standard InChI is InChI=1S/C15H14ClFN2O2/c16-14-8-12(17)7-6-11(14)9-21-19-15(18)10-20-13-4-2-1-3-5-13/h1-8H,9-10H2,(H2,18,19). The molecule has 2 N–H and O–H groups in total. The van der Waals surface area contributed by atoms with Gasteiger partial charge in [-0.3, -0.25) is 0 Å². The summed E-state index contributed by atoms with van der Waals surface area (Å²) in [5.74, 6) is 0.484. The van der Waals surface area contributed by atoms with E-state index < -0.39 is 5.82 Å². The molecule has 0 bridgehead atoms. The normalized spacial score (nSPS) is 11.2. The molecule has 2 aromatic carbocycles. The summed E-state index contributed by atoms with van der Waals surface area (Å²) in [7, 11) is 0. The van der Waals surface area contributed by atoms with Crippen LogP contribution < -0.4 is 10.5 Å². The number of hydrogen-bond donors (Lipinski definition) is 1. The summed E-state index contributed by atoms with van der Waals surface area (Å²) < 4.78 is 18.3. The first-order chi connectivity index (χ1) is 10.1. The van der Waals surface area contributed by atoms with Gasteiger partial charge in [-0.2, -0.15) is 0 Å². The Hall–Kier alpha value is -2.27. The van der Waals surface area contributed by atoms with Crippen molar-refractivity contribution < 1.29 is 14.0 Å². The minimum absolute atomic E-state index is 0.102. The molecule has 0 heterocycles. The number of rotatable bonds is 6. The Labute approximate surface area is 126 Å². The second kappa shape index (κ2) is 7.50. The molecule has 0 aliphatic rings. The monoisotopic (exact) mass is 308 g/mol. The molecule has 0 radical (unpaired) electrons. The zero-order chi connectivity index (χ0) is 15.1. The molecule has 0 aliphatic heterocycles. The van der Waals surface area contributed by atoms with Gasteiger partial charge in [-0.05, 0) is 24.3 Å². The Morgan fingerprint density at radius 2 is 1.95 bits per heavy atom. The number of ether oxygens (including phenoxy) is 1. The first-order valence-electron chi connectivity index (χ1n) is 6.21. The van der Waals surface area contributed by atoms with Gasteiger partial charge in [-0.15, -0.1) is 0 Å². The second-order valence-electron chi connectivity index (χ2n) is 4.19. The van der Waals surface area contributed by atoms with Crippen molar-refractivity contribution in [2.24, 2.45) is 10.9 Å². The van der Waals surface area contributed by atoms with Gasteiger partial charge in [0.05, 0.1) is 5.02 Å². The van der Waals surface area contributed by atoms with Crippen molar-refractivity contribution in [3.63, 3.8) is 0 Å². The van der Waals surface area contributed by atoms with E-state index in [2.05, 4.69) is 5.16 Å². The lowest BCUT2D eigenvalue weighted by Crippen LogP contribution is -2.21. The lowest BCUT2D eigenvalue weighted by molar-refractivity contribution is 0.128. The molecular formula is C15H14ClFN2O2. The van der Waals surface area contributed by atoms with Crippen molar-refractivity contribution in [2.75, 3.05) is 6.61 Å². The molecule has 0 unspecified atom stereocenters. The molecule has 0 spiro atoms. The van der Waals surface area contributed by atoms with Crippen LogP contribution in [0.3, 0.4) is 0 Å². The van der Waals surface area contributed by atoms with Gasteiger partial charge in [0.15, 0.2) is 5.84 Å². The average molecular weight is 309 g/mol. The van der Waals surface area contributed by atoms with Crippen LogP contribution in [-0.2, 0) is 11.4 Å². The fourth-order valence-corrected chi connectivity index (χ4v) is 1.75. The van der Waals surface area contributed by atoms with Crippen molar-refractivity contribution >= 4 is 17.4 Å². The molecule has 2 aromatic rings. The molecule has 0 amide bonds. The lowest BCUT2D eigenvalue weighted by atomic mass is 10.2. The van der Waals surface area contributed by atoms with Gasteiger partial charge >= 0.3 is 0 Å². The van der Waals surface area contributed by atoms with Gasteiger partial charge in [0.25, 0.3) is 0 Å². The largest absolute Gasteiger partial charge is 0.486 e. The molecule has 110 valence electrons. The lowest BCUT2D eigenvalue weighted by Gasteiger charge is -2.06. The third kappa shape index (κ3) is 4.96. The highest BCUT2D eigenvalue weighted by molar-refractivity contribution is 6.31. The molecule has 0 aromatic heterocycles. The summed E-state index contributed by atoms with van der Waals surface area (Å²) in [4.78, 5) is 5.07. The van der Waals surface area contributed by atoms with E-state index in [0.717, 1.165) is 0 Å². The van der Waals surface area contributed by atoms with E-state index in [0.29, 0.717) is 11.3 Å². The summed E-state index contributed by atoms with van der Waals surface area (Å²) in [6.45, 7) is 0.215. The van der Waals surface area contributed by atoms with E-state index >= 15 is 0 Å². The first-order valence-corrected chi connectivity index (χ1v) is 6.59. The molecule has 0 saturated carbocycles. The Morgan fingerprint density at radius 3 is 2.67 bits per heavy atom. The SMILES string of the molecule is NC(COc1ccccc1)=NOCc1ccc(F)cc1Cl. The molecule has 0 atom stereocenters. The topological polar surface area (TPSA) is 56.8 Å². The van der Waals surface area contributed by atoms with Crippen LogP contribution in [0.2, 0.25) is 5.02 Å². The maximum absolute atomic E-state index is 12.9. The maximum atomic E-state index is 12.9. The van der Waals surface area contributed by atoms with E-state index in [-0.39, 0.29) is 24.1 Å². The summed E-state index contributed by atoms with van der Waals surface area (Å²) in [6.07, 6.45) is 0. The van der Waals surface area contributed by atoms with Gasteiger partial charge in [0, 0.05) is 5.56 Å². The fourth-order valence-electron chi connectivity index (χ4n) is 1.52. The van der Waals surface area contributed by atoms with Crippen molar-refractivity contribution in [2.45, 2.75) is 6.61 Å². The van der Waals surface area contributed by atoms with Crippen LogP contribution in [0.25, 0.3) is 0 Å². The Balaban J connectivity index is 1.80. The van der Waals surface area contributed by atoms with Gasteiger partial charge in [-0.1, -0.05) is 41.0 Å². The number of benzene rings is 2. The predicted octanol–water partition coefficient (Wildman–Crippen LogP) is 3.35. The maximum Gasteiger partial charge on any atom is 0.177 e. The first kappa shape index (κ1) is 15.1. The highest BCUT2D eigenvalue weighted by Crippen LogP contribution is 2.18. The minimum atomic E-state index is -0.400. The van der Waals surface area contributed by atoms with Crippen molar-refractivity contribution in [3.05, 3.63) is 64.9 Å². The van der Waals surface area contributed by atoms with Crippen LogP contribution >= 0.6 is 11.6 Å². The van der Waals surface area contributed by atoms with Crippen molar-refractivity contribution in [3.8, 4) is 5.75 Å². The molecule has 0 aliphatic carbocycles. The predicted molar refractivity (Wildman–Crippen MR) is 79.8 cm³/mol. The Morgan fingerprint density at radius 1 is 1.19 bits per heavy atom. The zero-order valence-corrected chi connectivity index (χ0v) is 11.9. The van der Waals surface area contributed by atoms with Crippen LogP contribution in [0.1, 0.15) is 5.56 Å². The molecule has 6 heteroatoms. The number of hydrogen-bond acceptors (Lipinski definition) is 3. The Bertz CT molecular complexity index is 620. The quantitative estimate of drug-likeness (QED) is 0.506. The third-order valence-electron chi connectivity index (χ3n) is 2.55. The van der Waals surface area contributed by atoms with Crippen molar-refractivity contribution in [1.29, 1.82) is 0 Å². The smallest absolute Gasteiger partial charge is 0.177 e. The highest BCUT2D eigenvalue weighted by atomic mass is 35.5. The van der Waals surface area contributed by atoms with Crippen LogP contribution in [-0.4, -0.2) is 12.4 Å². The molecule has 0 fully saturated rings. The average Bonchev–Trinajstić information content (AvgIpc) is 2.48. The summed E-state index contributed by atoms with van der Waals surface area (Å²) >= 11 is 5.86. The van der Waals surface area contributed by atoms with E-state index in [1.54, 1.807) is 0 Å². The van der Waals surface area contributed by atoms with Gasteiger partial charge < -0.3 is 15.3 Å². The van der Waals surface area contributed by atoms with Gasteiger partial charge in [0.2, 0.25) is 0 Å². The van der Waals surface area contributed by atoms with Crippen molar-refractivity contribution in [1.82, 2.24) is 0 Å². The molecular weight excluding hydrogens is 295 g/mol. The van der Waals surface area contributed by atoms with Crippen LogP contribution in [0.5, 0.6) is 5.75 Å². The number of amidine groups is 1. The van der Waals surface area contributed by atoms with E-state index in [9.17, 15) is 4.39 Å². The fraction of sp³-hybridized carbons (Fsp3) is 0.133. The van der Waals surface area contributed by atoms with E-state index in [1.165, 1.54) is 18.2 Å². The highest BCUT2D eigenvalue weighted by Gasteiger charge is 2.03. The molecule has 2 rings (SSSR count). The number of para-hydroxylation sites is 1. The van der Waals surface area contributed by atoms with Gasteiger partial charge in [0.1, 0.15) is 24.8 Å². The molecule has 0 saturated heterocycles. The molecule has 21 heavy (non-hydrogen) atoms. The second-order valence-corrected chi connectivity index (χ2v) is 4.60. The number of oxime groups is 1. The third-order valence-corrected chi connectivity index (χ3v) is 2.90. The Kier molecular flexibility index (Phi) is 5.40. The number of nitrogens with zero attached hydrogens (tertiary/aromatic N) is 1. The summed E-state index contributed by atoms with van der Waals surface area (Å²) in [5, 5.41) is 4.00. The van der Waals surface area contributed by atoms with E-state index in [1.807, 2.05) is 30.3 Å². The summed E-state index contributed by atoms with van der Waals surface area (Å²) in [6, 6.07) is 13.3. The zero-order valence-electron chi connectivity index (χ0n) is 11.1. The minimum Gasteiger partial charge on any atom is -0.486 e. The van der Waals surface area contributed by atoms with Crippen LogP contribution in [0.15, 0.2) is 53.7 Å². The molecule has 4 nitrogen and oxygen atoms in total. The number of halogens is 2. The van der Waals surface area contributed by atoms with Gasteiger partial charge in [-0.25, -0.2) is 4.39 Å². The van der Waals surface area contributed by atoms with Crippen LogP contribution in [0.4, 0.5) is 4.39 Å². The summed E-state index contributed by atoms with van der Waals surface area (Å²) in [5.41, 5.74) is 6.28. The number of nitrogens with two attached hydrogens (primary N) is 1. The van der Waals surface area contributed by atoms with E-state index in [4.69, 9.17) is 26.9 Å².